The third kappa shape index (κ3) is 4.49. The van der Waals surface area contributed by atoms with E-state index in [0.717, 1.165) is 19.4 Å². The van der Waals surface area contributed by atoms with Gasteiger partial charge in [-0.25, -0.2) is 0 Å². The molecule has 0 aromatic heterocycles. The molecule has 0 bridgehead atoms. The van der Waals surface area contributed by atoms with Gasteiger partial charge in [-0.3, -0.25) is 9.59 Å². The molecule has 2 amide bonds. The number of carbonyl (C=O) groups is 2. The van der Waals surface area contributed by atoms with E-state index in [1.807, 2.05) is 4.90 Å². The highest BCUT2D eigenvalue weighted by atomic mass is 16.2. The minimum absolute atomic E-state index is 0.0561. The molecule has 0 unspecified atom stereocenters. The largest absolute Gasteiger partial charge is 0.346 e. The predicted molar refractivity (Wildman–Crippen MR) is 73.4 cm³/mol. The zero-order valence-electron chi connectivity index (χ0n) is 11.6. The first kappa shape index (κ1) is 14.3. The van der Waals surface area contributed by atoms with Crippen LogP contribution < -0.4 is 11.1 Å². The van der Waals surface area contributed by atoms with E-state index >= 15 is 0 Å². The van der Waals surface area contributed by atoms with E-state index in [4.69, 9.17) is 5.73 Å². The van der Waals surface area contributed by atoms with Crippen LogP contribution in [0.5, 0.6) is 0 Å². The van der Waals surface area contributed by atoms with Crippen molar-refractivity contribution in [2.75, 3.05) is 19.6 Å². The van der Waals surface area contributed by atoms with Crippen molar-refractivity contribution in [1.29, 1.82) is 0 Å². The summed E-state index contributed by atoms with van der Waals surface area (Å²) in [5.74, 6) is 0.486. The summed E-state index contributed by atoms with van der Waals surface area (Å²) < 4.78 is 0. The van der Waals surface area contributed by atoms with Gasteiger partial charge in [-0.05, 0) is 31.6 Å². The number of rotatable bonds is 6. The summed E-state index contributed by atoms with van der Waals surface area (Å²) in [4.78, 5) is 25.5. The molecule has 0 saturated heterocycles. The summed E-state index contributed by atoms with van der Waals surface area (Å²) in [5.41, 5.74) is 5.23. The van der Waals surface area contributed by atoms with Crippen LogP contribution in [0.15, 0.2) is 0 Å². The summed E-state index contributed by atoms with van der Waals surface area (Å²) in [7, 11) is 0. The van der Waals surface area contributed by atoms with Crippen LogP contribution in [0.1, 0.15) is 44.9 Å². The van der Waals surface area contributed by atoms with E-state index in [2.05, 4.69) is 5.32 Å². The first-order valence-electron chi connectivity index (χ1n) is 7.47. The molecular weight excluding hydrogens is 242 g/mol. The standard InChI is InChI=1S/C14H25N3O2/c15-8-13(18)16-9-14(19)17(10-11-6-7-11)12-4-2-1-3-5-12/h11-12H,1-10,15H2,(H,16,18). The van der Waals surface area contributed by atoms with Crippen molar-refractivity contribution in [3.63, 3.8) is 0 Å². The smallest absolute Gasteiger partial charge is 0.242 e. The van der Waals surface area contributed by atoms with Crippen LogP contribution in [0.3, 0.4) is 0 Å². The fourth-order valence-corrected chi connectivity index (χ4v) is 2.77. The van der Waals surface area contributed by atoms with Crippen molar-refractivity contribution < 1.29 is 9.59 Å². The fourth-order valence-electron chi connectivity index (χ4n) is 2.77. The molecule has 0 aliphatic heterocycles. The SMILES string of the molecule is NCC(=O)NCC(=O)N(CC1CC1)C1CCCCC1. The van der Waals surface area contributed by atoms with Gasteiger partial charge in [-0.15, -0.1) is 0 Å². The van der Waals surface area contributed by atoms with Gasteiger partial charge in [0.2, 0.25) is 11.8 Å². The van der Waals surface area contributed by atoms with Crippen LogP contribution in [0.2, 0.25) is 0 Å². The van der Waals surface area contributed by atoms with Gasteiger partial charge in [0.05, 0.1) is 13.1 Å². The topological polar surface area (TPSA) is 75.4 Å². The molecular formula is C14H25N3O2. The van der Waals surface area contributed by atoms with E-state index < -0.39 is 0 Å². The number of carbonyl (C=O) groups excluding carboxylic acids is 2. The average molecular weight is 267 g/mol. The lowest BCUT2D eigenvalue weighted by Gasteiger charge is -2.34. The third-order valence-corrected chi connectivity index (χ3v) is 4.11. The molecule has 108 valence electrons. The lowest BCUT2D eigenvalue weighted by molar-refractivity contribution is -0.135. The van der Waals surface area contributed by atoms with Gasteiger partial charge in [0.25, 0.3) is 0 Å². The van der Waals surface area contributed by atoms with Crippen LogP contribution in [0, 0.1) is 5.92 Å². The molecule has 3 N–H and O–H groups in total. The number of nitrogens with two attached hydrogens (primary N) is 1. The zero-order chi connectivity index (χ0) is 13.7. The molecule has 2 aliphatic rings. The second kappa shape index (κ2) is 6.89. The number of hydrogen-bond acceptors (Lipinski definition) is 3. The minimum Gasteiger partial charge on any atom is -0.346 e. The Labute approximate surface area is 114 Å². The minimum atomic E-state index is -0.261. The quantitative estimate of drug-likeness (QED) is 0.741. The molecule has 0 spiro atoms. The summed E-state index contributed by atoms with van der Waals surface area (Å²) in [5, 5.41) is 2.59. The van der Waals surface area contributed by atoms with Crippen molar-refractivity contribution in [2.45, 2.75) is 51.0 Å². The van der Waals surface area contributed by atoms with E-state index in [1.54, 1.807) is 0 Å². The number of amides is 2. The van der Waals surface area contributed by atoms with Crippen LogP contribution >= 0.6 is 0 Å². The van der Waals surface area contributed by atoms with Crippen LogP contribution in [-0.4, -0.2) is 42.4 Å². The van der Waals surface area contributed by atoms with Gasteiger partial charge < -0.3 is 16.0 Å². The predicted octanol–water partition coefficient (Wildman–Crippen LogP) is 0.633. The molecule has 5 heteroatoms. The Hall–Kier alpha value is -1.10. The molecule has 0 radical (unpaired) electrons. The van der Waals surface area contributed by atoms with Crippen molar-refractivity contribution in [3.05, 3.63) is 0 Å². The Morgan fingerprint density at radius 1 is 1.11 bits per heavy atom. The molecule has 0 heterocycles. The Morgan fingerprint density at radius 2 is 1.79 bits per heavy atom. The normalized spacial score (nSPS) is 20.1. The first-order valence-corrected chi connectivity index (χ1v) is 7.47. The van der Waals surface area contributed by atoms with Gasteiger partial charge in [0.15, 0.2) is 0 Å². The van der Waals surface area contributed by atoms with Gasteiger partial charge in [0.1, 0.15) is 0 Å². The van der Waals surface area contributed by atoms with Crippen molar-refractivity contribution in [1.82, 2.24) is 10.2 Å². The molecule has 5 nitrogen and oxygen atoms in total. The molecule has 0 atom stereocenters. The fraction of sp³-hybridized carbons (Fsp3) is 0.857. The van der Waals surface area contributed by atoms with Gasteiger partial charge in [-0.2, -0.15) is 0 Å². The van der Waals surface area contributed by atoms with Crippen molar-refractivity contribution >= 4 is 11.8 Å². The summed E-state index contributed by atoms with van der Waals surface area (Å²) >= 11 is 0. The van der Waals surface area contributed by atoms with Crippen LogP contribution in [0.4, 0.5) is 0 Å². The average Bonchev–Trinajstić information content (AvgIpc) is 3.26. The van der Waals surface area contributed by atoms with E-state index in [1.165, 1.54) is 32.1 Å². The molecule has 2 saturated carbocycles. The maximum absolute atomic E-state index is 12.3. The number of nitrogens with zero attached hydrogens (tertiary/aromatic N) is 1. The Bertz CT molecular complexity index is 323. The molecule has 19 heavy (non-hydrogen) atoms. The second-order valence-electron chi connectivity index (χ2n) is 5.76. The number of nitrogens with one attached hydrogen (secondary N) is 1. The van der Waals surface area contributed by atoms with Crippen molar-refractivity contribution in [3.8, 4) is 0 Å². The van der Waals surface area contributed by atoms with Gasteiger partial charge >= 0.3 is 0 Å². The van der Waals surface area contributed by atoms with Gasteiger partial charge in [0, 0.05) is 12.6 Å². The lowest BCUT2D eigenvalue weighted by atomic mass is 9.94. The first-order chi connectivity index (χ1) is 9.20. The maximum Gasteiger partial charge on any atom is 0.242 e. The Balaban J connectivity index is 1.87. The maximum atomic E-state index is 12.3. The molecule has 0 aromatic carbocycles. The highest BCUT2D eigenvalue weighted by Gasteiger charge is 2.31. The number of hydrogen-bond donors (Lipinski definition) is 2. The van der Waals surface area contributed by atoms with E-state index in [0.29, 0.717) is 12.0 Å². The van der Waals surface area contributed by atoms with E-state index in [9.17, 15) is 9.59 Å². The van der Waals surface area contributed by atoms with Gasteiger partial charge in [-0.1, -0.05) is 19.3 Å². The van der Waals surface area contributed by atoms with Crippen LogP contribution in [0.25, 0.3) is 0 Å². The van der Waals surface area contributed by atoms with Crippen LogP contribution in [-0.2, 0) is 9.59 Å². The molecule has 0 aromatic rings. The lowest BCUT2D eigenvalue weighted by Crippen LogP contribution is -2.48. The molecule has 2 fully saturated rings. The highest BCUT2D eigenvalue weighted by molar-refractivity contribution is 5.85. The molecule has 2 rings (SSSR count). The summed E-state index contributed by atoms with van der Waals surface area (Å²) in [6.45, 7) is 0.917. The Morgan fingerprint density at radius 3 is 2.37 bits per heavy atom. The zero-order valence-corrected chi connectivity index (χ0v) is 11.6. The molecule has 2 aliphatic carbocycles. The van der Waals surface area contributed by atoms with E-state index in [-0.39, 0.29) is 24.9 Å². The Kier molecular flexibility index (Phi) is 5.19. The second-order valence-corrected chi connectivity index (χ2v) is 5.76. The third-order valence-electron chi connectivity index (χ3n) is 4.11. The van der Waals surface area contributed by atoms with Crippen molar-refractivity contribution in [2.24, 2.45) is 11.7 Å². The summed E-state index contributed by atoms with van der Waals surface area (Å²) in [6.07, 6.45) is 8.43. The summed E-state index contributed by atoms with van der Waals surface area (Å²) in [6, 6.07) is 0.386. The highest BCUT2D eigenvalue weighted by Crippen LogP contribution is 2.32. The monoisotopic (exact) mass is 267 g/mol.